The number of imide groups is 1. The fourth-order valence-corrected chi connectivity index (χ4v) is 8.56. The van der Waals surface area contributed by atoms with Crippen molar-refractivity contribution in [2.24, 2.45) is 11.8 Å². The number of piperidine rings is 3. The second kappa shape index (κ2) is 16.1. The summed E-state index contributed by atoms with van der Waals surface area (Å²) in [5.74, 6) is 6.81. The number of H-pyrrole nitrogens is 1. The molecule has 10 nitrogen and oxygen atoms in total. The van der Waals surface area contributed by atoms with Crippen LogP contribution in [-0.4, -0.2) is 83.9 Å². The molecule has 7 rings (SSSR count). The van der Waals surface area contributed by atoms with Gasteiger partial charge in [-0.1, -0.05) is 11.8 Å². The summed E-state index contributed by atoms with van der Waals surface area (Å²) in [4.78, 5) is 48.1. The number of thioether (sulfide) groups is 1. The summed E-state index contributed by atoms with van der Waals surface area (Å²) in [7, 11) is 0. The van der Waals surface area contributed by atoms with Crippen LogP contribution in [0.4, 0.5) is 20.2 Å². The van der Waals surface area contributed by atoms with E-state index in [1.165, 1.54) is 12.1 Å². The molecule has 3 aromatic rings. The molecule has 0 radical (unpaired) electrons. The van der Waals surface area contributed by atoms with E-state index in [1.807, 2.05) is 0 Å². The van der Waals surface area contributed by atoms with Crippen LogP contribution in [0.25, 0.3) is 10.9 Å². The van der Waals surface area contributed by atoms with Gasteiger partial charge in [0.05, 0.1) is 17.0 Å². The number of anilines is 2. The van der Waals surface area contributed by atoms with Gasteiger partial charge in [-0.2, -0.15) is 11.8 Å². The lowest BCUT2D eigenvalue weighted by Gasteiger charge is -2.38. The SMILES string of the molecule is O=C1CCC(Nc2ccc(N3CCC(CN4CCC(C#Cc5cc(F)c6c(=O)[nH]c(CSC7CCOCC7)nc6c5)CC4)CC3)c(F)c2)C(=O)N1. The first-order valence-corrected chi connectivity index (χ1v) is 19.1. The Morgan fingerprint density at radius 2 is 1.73 bits per heavy atom. The van der Waals surface area contributed by atoms with Crippen LogP contribution in [0.5, 0.6) is 0 Å². The van der Waals surface area contributed by atoms with E-state index in [-0.39, 0.29) is 35.4 Å². The highest BCUT2D eigenvalue weighted by atomic mass is 32.2. The summed E-state index contributed by atoms with van der Waals surface area (Å²) >= 11 is 1.75. The number of fused-ring (bicyclic) bond motifs is 1. The summed E-state index contributed by atoms with van der Waals surface area (Å²) < 4.78 is 35.6. The van der Waals surface area contributed by atoms with Crippen molar-refractivity contribution in [2.75, 3.05) is 56.2 Å². The molecule has 4 saturated heterocycles. The molecule has 0 aliphatic carbocycles. The normalized spacial score (nSPS) is 21.4. The molecule has 0 spiro atoms. The molecule has 1 aromatic heterocycles. The predicted octanol–water partition coefficient (Wildman–Crippen LogP) is 4.81. The molecule has 3 N–H and O–H groups in total. The third-order valence-electron chi connectivity index (χ3n) is 10.4. The van der Waals surface area contributed by atoms with Crippen LogP contribution in [0.3, 0.4) is 0 Å². The Labute approximate surface area is 300 Å². The van der Waals surface area contributed by atoms with Crippen molar-refractivity contribution in [1.82, 2.24) is 20.2 Å². The maximum Gasteiger partial charge on any atom is 0.261 e. The van der Waals surface area contributed by atoms with Gasteiger partial charge in [0.25, 0.3) is 5.56 Å². The van der Waals surface area contributed by atoms with E-state index in [1.54, 1.807) is 30.0 Å². The largest absolute Gasteiger partial charge is 0.381 e. The van der Waals surface area contributed by atoms with E-state index in [2.05, 4.69) is 42.2 Å². The molecule has 4 aliphatic rings. The van der Waals surface area contributed by atoms with Crippen LogP contribution in [0.1, 0.15) is 62.8 Å². The Hall–Kier alpha value is -3.99. The van der Waals surface area contributed by atoms with Crippen LogP contribution in [0.15, 0.2) is 35.1 Å². The standard InChI is InChI=1S/C38H44F2N6O4S/c39-29-21-27(41-31-4-6-35(47)44-37(31)48)3-5-33(29)46-15-9-25(10-16-46)22-45-13-7-24(8-14-45)1-2-26-19-30(40)36-32(20-26)42-34(43-38(36)49)23-51-28-11-17-50-18-12-28/h3,5,19-21,24-25,28,31,41H,4,6-18,22-23H2,(H,42,43,49)(H,44,47,48). The Balaban J connectivity index is 0.874. The van der Waals surface area contributed by atoms with Crippen LogP contribution in [-0.2, 0) is 20.1 Å². The molecule has 1 atom stereocenters. The lowest BCUT2D eigenvalue weighted by Crippen LogP contribution is -2.47. The molecule has 51 heavy (non-hydrogen) atoms. The van der Waals surface area contributed by atoms with Crippen LogP contribution in [0, 0.1) is 35.3 Å². The van der Waals surface area contributed by atoms with Crippen LogP contribution in [0.2, 0.25) is 0 Å². The number of hydrogen-bond acceptors (Lipinski definition) is 9. The summed E-state index contributed by atoms with van der Waals surface area (Å²) in [6.45, 7) is 5.98. The third kappa shape index (κ3) is 8.91. The highest BCUT2D eigenvalue weighted by molar-refractivity contribution is 7.99. The lowest BCUT2D eigenvalue weighted by atomic mass is 9.92. The third-order valence-corrected chi connectivity index (χ3v) is 11.8. The molecule has 1 unspecified atom stereocenters. The van der Waals surface area contributed by atoms with E-state index < -0.39 is 17.4 Å². The number of halogens is 2. The van der Waals surface area contributed by atoms with Gasteiger partial charge in [-0.15, -0.1) is 0 Å². The molecular weight excluding hydrogens is 675 g/mol. The minimum absolute atomic E-state index is 0.0260. The summed E-state index contributed by atoms with van der Waals surface area (Å²) in [5, 5.41) is 5.81. The van der Waals surface area contributed by atoms with Crippen molar-refractivity contribution in [3.63, 3.8) is 0 Å². The number of aromatic nitrogens is 2. The number of benzene rings is 2. The van der Waals surface area contributed by atoms with Gasteiger partial charge in [-0.05, 0) is 94.3 Å². The van der Waals surface area contributed by atoms with Gasteiger partial charge in [0.1, 0.15) is 28.9 Å². The topological polar surface area (TPSA) is 120 Å². The number of likely N-dealkylation sites (tertiary alicyclic amines) is 1. The van der Waals surface area contributed by atoms with Gasteiger partial charge >= 0.3 is 0 Å². The fraction of sp³-hybridized carbons (Fsp3) is 0.526. The number of hydrogen-bond donors (Lipinski definition) is 3. The molecule has 5 heterocycles. The zero-order valence-electron chi connectivity index (χ0n) is 28.6. The number of carbonyl (C=O) groups excluding carboxylic acids is 2. The first-order valence-electron chi connectivity index (χ1n) is 18.1. The summed E-state index contributed by atoms with van der Waals surface area (Å²) in [6, 6.07) is 7.50. The number of carbonyl (C=O) groups is 2. The molecule has 270 valence electrons. The zero-order chi connectivity index (χ0) is 35.3. The summed E-state index contributed by atoms with van der Waals surface area (Å²) in [5.41, 5.74) is 1.51. The van der Waals surface area contributed by atoms with Crippen molar-refractivity contribution in [2.45, 2.75) is 68.4 Å². The van der Waals surface area contributed by atoms with Gasteiger partial charge < -0.3 is 24.8 Å². The Morgan fingerprint density at radius 1 is 0.941 bits per heavy atom. The zero-order valence-corrected chi connectivity index (χ0v) is 29.5. The van der Waals surface area contributed by atoms with E-state index in [0.29, 0.717) is 51.6 Å². The fourth-order valence-electron chi connectivity index (χ4n) is 7.50. The maximum absolute atomic E-state index is 15.1. The van der Waals surface area contributed by atoms with Gasteiger partial charge in [-0.25, -0.2) is 13.8 Å². The van der Waals surface area contributed by atoms with Crippen molar-refractivity contribution < 1.29 is 23.1 Å². The van der Waals surface area contributed by atoms with Crippen molar-refractivity contribution in [1.29, 1.82) is 0 Å². The monoisotopic (exact) mass is 718 g/mol. The molecule has 4 fully saturated rings. The average Bonchev–Trinajstić information content (AvgIpc) is 3.12. The predicted molar refractivity (Wildman–Crippen MR) is 195 cm³/mol. The first kappa shape index (κ1) is 35.4. The highest BCUT2D eigenvalue weighted by Crippen LogP contribution is 2.30. The Morgan fingerprint density at radius 3 is 2.47 bits per heavy atom. The molecule has 13 heteroatoms. The van der Waals surface area contributed by atoms with E-state index in [4.69, 9.17) is 4.74 Å². The van der Waals surface area contributed by atoms with Crippen LogP contribution < -0.4 is 21.1 Å². The van der Waals surface area contributed by atoms with E-state index in [0.717, 1.165) is 84.5 Å². The van der Waals surface area contributed by atoms with Crippen LogP contribution >= 0.6 is 11.8 Å². The lowest BCUT2D eigenvalue weighted by molar-refractivity contribution is -0.133. The summed E-state index contributed by atoms with van der Waals surface area (Å²) in [6.07, 6.45) is 6.45. The van der Waals surface area contributed by atoms with E-state index in [9.17, 15) is 14.4 Å². The number of nitrogens with zero attached hydrogens (tertiary/aromatic N) is 3. The maximum atomic E-state index is 15.1. The van der Waals surface area contributed by atoms with Gasteiger partial charge in [0, 0.05) is 61.7 Å². The minimum Gasteiger partial charge on any atom is -0.381 e. The number of ether oxygens (including phenoxy) is 1. The van der Waals surface area contributed by atoms with Gasteiger partial charge in [0.2, 0.25) is 11.8 Å². The van der Waals surface area contributed by atoms with Gasteiger partial charge in [0.15, 0.2) is 0 Å². The molecule has 2 aromatic carbocycles. The number of nitrogens with one attached hydrogen (secondary N) is 3. The van der Waals surface area contributed by atoms with Crippen molar-refractivity contribution in [3.8, 4) is 11.8 Å². The second-order valence-electron chi connectivity index (χ2n) is 14.1. The minimum atomic E-state index is -0.600. The molecule has 4 aliphatic heterocycles. The number of aromatic amines is 1. The van der Waals surface area contributed by atoms with Crippen molar-refractivity contribution in [3.05, 3.63) is 63.7 Å². The number of rotatable bonds is 8. The Kier molecular flexibility index (Phi) is 11.2. The second-order valence-corrected chi connectivity index (χ2v) is 15.4. The molecule has 0 bridgehead atoms. The highest BCUT2D eigenvalue weighted by Gasteiger charge is 2.28. The van der Waals surface area contributed by atoms with E-state index >= 15 is 8.78 Å². The average molecular weight is 719 g/mol. The molecular formula is C38H44F2N6O4S. The molecule has 2 amide bonds. The first-order chi connectivity index (χ1) is 24.8. The quantitative estimate of drug-likeness (QED) is 0.223. The molecule has 0 saturated carbocycles. The van der Waals surface area contributed by atoms with Crippen molar-refractivity contribution >= 4 is 45.9 Å². The number of amides is 2. The smallest absolute Gasteiger partial charge is 0.261 e. The van der Waals surface area contributed by atoms with Gasteiger partial charge in [-0.3, -0.25) is 19.7 Å². The Bertz CT molecular complexity index is 1870.